The minimum atomic E-state index is 0.610. The van der Waals surface area contributed by atoms with Gasteiger partial charge in [-0.2, -0.15) is 0 Å². The highest BCUT2D eigenvalue weighted by atomic mass is 32.1. The standard InChI is InChI=1S/C56H36N4S/c1-5-16-37(17-6-1)39-28-32-43(33-29-39)54-58-55(44-34-30-40(31-35-44)38-18-7-2-8-19-38)60-56(59-54)46-25-15-24-45(36-46)49-50-47-26-13-14-27-48(47)57-51(41-20-9-3-10-21-41)53(50)61-52(49)42-22-11-4-12-23-42/h1-36H. The molecule has 0 aliphatic heterocycles. The maximum Gasteiger partial charge on any atom is 0.164 e. The predicted molar refractivity (Wildman–Crippen MR) is 254 cm³/mol. The molecule has 286 valence electrons. The second-order valence-electron chi connectivity index (χ2n) is 15.0. The zero-order valence-corrected chi connectivity index (χ0v) is 33.8. The summed E-state index contributed by atoms with van der Waals surface area (Å²) in [6.07, 6.45) is 0. The van der Waals surface area contributed by atoms with Crippen LogP contribution in [0.2, 0.25) is 0 Å². The molecule has 0 radical (unpaired) electrons. The van der Waals surface area contributed by atoms with Gasteiger partial charge >= 0.3 is 0 Å². The Hall–Kier alpha value is -7.86. The van der Waals surface area contributed by atoms with Crippen molar-refractivity contribution >= 4 is 32.3 Å². The molecular formula is C56H36N4S. The molecule has 0 unspecified atom stereocenters. The Morgan fingerprint density at radius 3 is 1.26 bits per heavy atom. The topological polar surface area (TPSA) is 51.6 Å². The predicted octanol–water partition coefficient (Wildman–Crippen LogP) is 15.0. The van der Waals surface area contributed by atoms with Gasteiger partial charge in [-0.1, -0.05) is 206 Å². The molecule has 3 aromatic heterocycles. The van der Waals surface area contributed by atoms with Gasteiger partial charge in [-0.15, -0.1) is 11.3 Å². The summed E-state index contributed by atoms with van der Waals surface area (Å²) in [6.45, 7) is 0. The molecule has 11 aromatic rings. The number of thiophene rings is 1. The summed E-state index contributed by atoms with van der Waals surface area (Å²) in [7, 11) is 0. The lowest BCUT2D eigenvalue weighted by molar-refractivity contribution is 1.07. The number of aromatic nitrogens is 4. The number of hydrogen-bond acceptors (Lipinski definition) is 5. The lowest BCUT2D eigenvalue weighted by atomic mass is 9.94. The van der Waals surface area contributed by atoms with Gasteiger partial charge in [0, 0.05) is 43.5 Å². The number of nitrogens with zero attached hydrogens (tertiary/aromatic N) is 4. The number of benzene rings is 8. The summed E-state index contributed by atoms with van der Waals surface area (Å²) < 4.78 is 1.16. The molecule has 0 N–H and O–H groups in total. The average molecular weight is 797 g/mol. The zero-order chi connectivity index (χ0) is 40.5. The van der Waals surface area contributed by atoms with Gasteiger partial charge in [-0.25, -0.2) is 19.9 Å². The van der Waals surface area contributed by atoms with Crippen LogP contribution < -0.4 is 0 Å². The highest BCUT2D eigenvalue weighted by molar-refractivity contribution is 7.23. The Morgan fingerprint density at radius 2 is 0.705 bits per heavy atom. The molecule has 0 amide bonds. The largest absolute Gasteiger partial charge is 0.246 e. The minimum absolute atomic E-state index is 0.610. The molecule has 0 saturated heterocycles. The first-order valence-corrected chi connectivity index (χ1v) is 21.2. The third-order valence-corrected chi connectivity index (χ3v) is 12.4. The van der Waals surface area contributed by atoms with Crippen molar-refractivity contribution in [3.05, 3.63) is 218 Å². The normalized spacial score (nSPS) is 11.3. The lowest BCUT2D eigenvalue weighted by Crippen LogP contribution is -2.00. The molecule has 61 heavy (non-hydrogen) atoms. The van der Waals surface area contributed by atoms with E-state index >= 15 is 0 Å². The quantitative estimate of drug-likeness (QED) is 0.154. The maximum absolute atomic E-state index is 5.29. The number of para-hydroxylation sites is 1. The first-order valence-electron chi connectivity index (χ1n) is 20.4. The molecule has 4 nitrogen and oxygen atoms in total. The van der Waals surface area contributed by atoms with E-state index in [1.807, 2.05) is 12.1 Å². The molecule has 0 aliphatic rings. The third kappa shape index (κ3) is 6.97. The van der Waals surface area contributed by atoms with Crippen LogP contribution in [0.4, 0.5) is 0 Å². The zero-order valence-electron chi connectivity index (χ0n) is 33.0. The van der Waals surface area contributed by atoms with E-state index in [4.69, 9.17) is 19.9 Å². The van der Waals surface area contributed by atoms with Crippen molar-refractivity contribution in [2.75, 3.05) is 0 Å². The van der Waals surface area contributed by atoms with Crippen LogP contribution in [-0.4, -0.2) is 19.9 Å². The molecule has 3 heterocycles. The molecule has 5 heteroatoms. The number of hydrogen-bond donors (Lipinski definition) is 0. The Bertz CT molecular complexity index is 3210. The van der Waals surface area contributed by atoms with Crippen LogP contribution in [0.5, 0.6) is 0 Å². The van der Waals surface area contributed by atoms with Crippen molar-refractivity contribution in [1.82, 2.24) is 19.9 Å². The van der Waals surface area contributed by atoms with E-state index in [9.17, 15) is 0 Å². The second kappa shape index (κ2) is 15.7. The van der Waals surface area contributed by atoms with Crippen molar-refractivity contribution in [2.45, 2.75) is 0 Å². The van der Waals surface area contributed by atoms with E-state index < -0.39 is 0 Å². The van der Waals surface area contributed by atoms with Gasteiger partial charge in [0.05, 0.1) is 15.9 Å². The van der Waals surface area contributed by atoms with E-state index in [0.717, 1.165) is 76.9 Å². The van der Waals surface area contributed by atoms with Crippen molar-refractivity contribution < 1.29 is 0 Å². The van der Waals surface area contributed by atoms with Crippen LogP contribution in [0.15, 0.2) is 218 Å². The minimum Gasteiger partial charge on any atom is -0.246 e. The lowest BCUT2D eigenvalue weighted by Gasteiger charge is -2.12. The van der Waals surface area contributed by atoms with Gasteiger partial charge < -0.3 is 0 Å². The Morgan fingerprint density at radius 1 is 0.295 bits per heavy atom. The maximum atomic E-state index is 5.29. The smallest absolute Gasteiger partial charge is 0.164 e. The SMILES string of the molecule is c1ccc(-c2ccc(-c3nc(-c4ccc(-c5ccccc5)cc4)nc(-c4cccc(-c5c(-c6ccccc6)sc6c(-c7ccccc7)nc7ccccc7c56)c4)n3)cc2)cc1. The van der Waals surface area contributed by atoms with E-state index in [-0.39, 0.29) is 0 Å². The summed E-state index contributed by atoms with van der Waals surface area (Å²) in [4.78, 5) is 22.0. The van der Waals surface area contributed by atoms with Gasteiger partial charge in [0.1, 0.15) is 0 Å². The molecule has 8 aromatic carbocycles. The van der Waals surface area contributed by atoms with E-state index in [2.05, 4.69) is 206 Å². The van der Waals surface area contributed by atoms with Crippen molar-refractivity contribution in [3.63, 3.8) is 0 Å². The van der Waals surface area contributed by atoms with E-state index in [1.165, 1.54) is 15.8 Å². The summed E-state index contributed by atoms with van der Waals surface area (Å²) >= 11 is 1.80. The summed E-state index contributed by atoms with van der Waals surface area (Å²) in [5.74, 6) is 1.85. The van der Waals surface area contributed by atoms with Crippen LogP contribution in [-0.2, 0) is 0 Å². The molecule has 0 bridgehead atoms. The molecule has 0 spiro atoms. The molecule has 0 atom stereocenters. The van der Waals surface area contributed by atoms with Gasteiger partial charge in [-0.05, 0) is 45.5 Å². The number of fused-ring (bicyclic) bond motifs is 3. The molecule has 0 aliphatic carbocycles. The number of pyridine rings is 1. The molecule has 0 fully saturated rings. The van der Waals surface area contributed by atoms with Crippen LogP contribution in [0.3, 0.4) is 0 Å². The van der Waals surface area contributed by atoms with Crippen molar-refractivity contribution in [2.24, 2.45) is 0 Å². The number of rotatable bonds is 8. The van der Waals surface area contributed by atoms with Gasteiger partial charge in [0.25, 0.3) is 0 Å². The first kappa shape index (κ1) is 36.2. The van der Waals surface area contributed by atoms with Crippen LogP contribution in [0.1, 0.15) is 0 Å². The highest BCUT2D eigenvalue weighted by Crippen LogP contribution is 2.50. The fraction of sp³-hybridized carbons (Fsp3) is 0. The monoisotopic (exact) mass is 796 g/mol. The van der Waals surface area contributed by atoms with Crippen molar-refractivity contribution in [3.8, 4) is 89.2 Å². The highest BCUT2D eigenvalue weighted by Gasteiger charge is 2.23. The average Bonchev–Trinajstić information content (AvgIpc) is 3.76. The third-order valence-electron chi connectivity index (χ3n) is 11.2. The fourth-order valence-electron chi connectivity index (χ4n) is 8.13. The first-order chi connectivity index (χ1) is 30.2. The summed E-state index contributed by atoms with van der Waals surface area (Å²) in [6, 6.07) is 76.2. The van der Waals surface area contributed by atoms with Crippen LogP contribution >= 0.6 is 11.3 Å². The van der Waals surface area contributed by atoms with Crippen molar-refractivity contribution in [1.29, 1.82) is 0 Å². The molecule has 11 rings (SSSR count). The second-order valence-corrected chi connectivity index (χ2v) is 16.0. The van der Waals surface area contributed by atoms with Gasteiger partial charge in [0.15, 0.2) is 17.5 Å². The Balaban J connectivity index is 1.10. The fourth-order valence-corrected chi connectivity index (χ4v) is 9.48. The van der Waals surface area contributed by atoms with E-state index in [1.54, 1.807) is 11.3 Å². The molecular weight excluding hydrogens is 761 g/mol. The Kier molecular flexibility index (Phi) is 9.34. The van der Waals surface area contributed by atoms with Gasteiger partial charge in [0.2, 0.25) is 0 Å². The van der Waals surface area contributed by atoms with Gasteiger partial charge in [-0.3, -0.25) is 0 Å². The summed E-state index contributed by atoms with van der Waals surface area (Å²) in [5, 5.41) is 2.32. The van der Waals surface area contributed by atoms with Crippen LogP contribution in [0, 0.1) is 0 Å². The Labute approximate surface area is 358 Å². The summed E-state index contributed by atoms with van der Waals surface area (Å²) in [5.41, 5.74) is 13.8. The van der Waals surface area contributed by atoms with Crippen LogP contribution in [0.25, 0.3) is 110 Å². The molecule has 0 saturated carbocycles. The van der Waals surface area contributed by atoms with E-state index in [0.29, 0.717) is 17.5 Å².